The van der Waals surface area contributed by atoms with Crippen molar-refractivity contribution in [3.8, 4) is 5.75 Å². The minimum absolute atomic E-state index is 0.0740. The molecular weight excluding hydrogens is 378 g/mol. The first kappa shape index (κ1) is 18.6. The number of fused-ring (bicyclic) bond motifs is 1. The Bertz CT molecular complexity index is 853. The van der Waals surface area contributed by atoms with Gasteiger partial charge in [-0.2, -0.15) is 8.78 Å². The van der Waals surface area contributed by atoms with E-state index in [2.05, 4.69) is 15.0 Å². The Labute approximate surface area is 157 Å². The fraction of sp³-hybridized carbons (Fsp3) is 0.222. The van der Waals surface area contributed by atoms with Gasteiger partial charge in [0.15, 0.2) is 0 Å². The lowest BCUT2D eigenvalue weighted by atomic mass is 10.2. The number of rotatable bonds is 8. The summed E-state index contributed by atoms with van der Waals surface area (Å²) in [6.07, 6.45) is 0. The molecule has 0 fully saturated rings. The highest BCUT2D eigenvalue weighted by atomic mass is 32.2. The average Bonchev–Trinajstić information content (AvgIpc) is 3.03. The van der Waals surface area contributed by atoms with Crippen LogP contribution in [0, 0.1) is 0 Å². The predicted molar refractivity (Wildman–Crippen MR) is 101 cm³/mol. The van der Waals surface area contributed by atoms with Gasteiger partial charge < -0.3 is 10.1 Å². The number of thiazole rings is 1. The van der Waals surface area contributed by atoms with Crippen molar-refractivity contribution in [3.05, 3.63) is 59.1 Å². The van der Waals surface area contributed by atoms with Gasteiger partial charge in [0.05, 0.1) is 16.0 Å². The molecule has 26 heavy (non-hydrogen) atoms. The maximum atomic E-state index is 12.4. The molecule has 0 aliphatic carbocycles. The second-order valence-electron chi connectivity index (χ2n) is 5.33. The van der Waals surface area contributed by atoms with Crippen LogP contribution in [-0.4, -0.2) is 23.3 Å². The molecule has 0 saturated carbocycles. The zero-order chi connectivity index (χ0) is 18.4. The van der Waals surface area contributed by atoms with Gasteiger partial charge in [-0.3, -0.25) is 4.79 Å². The number of alkyl halides is 2. The van der Waals surface area contributed by atoms with Gasteiger partial charge in [0.2, 0.25) is 5.91 Å². The molecule has 0 bridgehead atoms. The summed E-state index contributed by atoms with van der Waals surface area (Å²) in [5.74, 6) is 0.832. The van der Waals surface area contributed by atoms with Crippen LogP contribution >= 0.6 is 23.1 Å². The minimum atomic E-state index is -2.89. The zero-order valence-electron chi connectivity index (χ0n) is 13.7. The van der Waals surface area contributed by atoms with E-state index in [1.807, 2.05) is 24.3 Å². The van der Waals surface area contributed by atoms with Crippen molar-refractivity contribution in [3.63, 3.8) is 0 Å². The highest BCUT2D eigenvalue weighted by Gasteiger charge is 2.10. The molecule has 0 unspecified atom stereocenters. The Balaban J connectivity index is 1.46. The number of benzene rings is 2. The van der Waals surface area contributed by atoms with Gasteiger partial charge in [0.1, 0.15) is 10.8 Å². The number of halogens is 2. The Morgan fingerprint density at radius 3 is 2.77 bits per heavy atom. The van der Waals surface area contributed by atoms with Crippen LogP contribution in [0.1, 0.15) is 10.6 Å². The number of carbonyl (C=O) groups excluding carboxylic acids is 1. The number of aromatic nitrogens is 1. The summed E-state index contributed by atoms with van der Waals surface area (Å²) in [6, 6.07) is 14.3. The first-order valence-electron chi connectivity index (χ1n) is 7.83. The van der Waals surface area contributed by atoms with Gasteiger partial charge in [-0.1, -0.05) is 30.3 Å². The second kappa shape index (κ2) is 8.95. The average molecular weight is 394 g/mol. The largest absolute Gasteiger partial charge is 0.434 e. The molecular formula is C18H16F2N2O2S2. The molecule has 8 heteroatoms. The Morgan fingerprint density at radius 2 is 1.96 bits per heavy atom. The molecule has 4 nitrogen and oxygen atoms in total. The molecule has 2 aromatic carbocycles. The van der Waals surface area contributed by atoms with E-state index in [4.69, 9.17) is 0 Å². The first-order chi connectivity index (χ1) is 12.6. The highest BCUT2D eigenvalue weighted by Crippen LogP contribution is 2.25. The quantitative estimate of drug-likeness (QED) is 0.613. The van der Waals surface area contributed by atoms with Gasteiger partial charge in [-0.25, -0.2) is 4.98 Å². The summed E-state index contributed by atoms with van der Waals surface area (Å²) in [4.78, 5) is 16.5. The molecule has 1 amide bonds. The number of nitrogens with zero attached hydrogens (tertiary/aromatic N) is 1. The van der Waals surface area contributed by atoms with Crippen molar-refractivity contribution in [2.75, 3.05) is 5.75 Å². The fourth-order valence-corrected chi connectivity index (χ4v) is 4.20. The summed E-state index contributed by atoms with van der Waals surface area (Å²) >= 11 is 3.08. The van der Waals surface area contributed by atoms with Crippen molar-refractivity contribution in [1.82, 2.24) is 10.3 Å². The standard InChI is InChI=1S/C18H16F2N2O2S2/c19-18(20)24-14-7-3-1-5-12(14)9-21-16(23)10-25-11-17-22-13-6-2-4-8-15(13)26-17/h1-8,18H,9-11H2,(H,21,23). The van der Waals surface area contributed by atoms with Crippen molar-refractivity contribution < 1.29 is 18.3 Å². The van der Waals surface area contributed by atoms with Gasteiger partial charge in [-0.15, -0.1) is 23.1 Å². The van der Waals surface area contributed by atoms with Crippen LogP contribution in [0.3, 0.4) is 0 Å². The second-order valence-corrected chi connectivity index (χ2v) is 7.43. The Kier molecular flexibility index (Phi) is 6.40. The molecule has 3 rings (SSSR count). The summed E-state index contributed by atoms with van der Waals surface area (Å²) in [5, 5.41) is 3.70. The minimum Gasteiger partial charge on any atom is -0.434 e. The molecule has 0 atom stereocenters. The molecule has 0 saturated heterocycles. The number of hydrogen-bond acceptors (Lipinski definition) is 5. The molecule has 3 aromatic rings. The zero-order valence-corrected chi connectivity index (χ0v) is 15.3. The van der Waals surface area contributed by atoms with E-state index < -0.39 is 6.61 Å². The first-order valence-corrected chi connectivity index (χ1v) is 9.80. The smallest absolute Gasteiger partial charge is 0.387 e. The Morgan fingerprint density at radius 1 is 1.19 bits per heavy atom. The van der Waals surface area contributed by atoms with Crippen molar-refractivity contribution in [1.29, 1.82) is 0 Å². The van der Waals surface area contributed by atoms with Gasteiger partial charge in [0.25, 0.3) is 0 Å². The van der Waals surface area contributed by atoms with Crippen LogP contribution in [-0.2, 0) is 17.1 Å². The highest BCUT2D eigenvalue weighted by molar-refractivity contribution is 7.99. The van der Waals surface area contributed by atoms with Crippen LogP contribution in [0.5, 0.6) is 5.75 Å². The normalized spacial score (nSPS) is 11.0. The van der Waals surface area contributed by atoms with Gasteiger partial charge in [0, 0.05) is 17.9 Å². The van der Waals surface area contributed by atoms with Crippen LogP contribution in [0.4, 0.5) is 8.78 Å². The molecule has 1 N–H and O–H groups in total. The lowest BCUT2D eigenvalue weighted by Crippen LogP contribution is -2.25. The van der Waals surface area contributed by atoms with Crippen LogP contribution < -0.4 is 10.1 Å². The van der Waals surface area contributed by atoms with Crippen LogP contribution in [0.25, 0.3) is 10.2 Å². The number of ether oxygens (including phenoxy) is 1. The molecule has 1 heterocycles. The van der Waals surface area contributed by atoms with Crippen molar-refractivity contribution in [2.45, 2.75) is 18.9 Å². The van der Waals surface area contributed by atoms with Crippen molar-refractivity contribution in [2.24, 2.45) is 0 Å². The van der Waals surface area contributed by atoms with Crippen LogP contribution in [0.15, 0.2) is 48.5 Å². The lowest BCUT2D eigenvalue weighted by Gasteiger charge is -2.11. The number of nitrogens with one attached hydrogen (secondary N) is 1. The number of amides is 1. The Hall–Kier alpha value is -2.19. The maximum Gasteiger partial charge on any atom is 0.387 e. The summed E-state index contributed by atoms with van der Waals surface area (Å²) < 4.78 is 30.3. The number of para-hydroxylation sites is 2. The summed E-state index contributed by atoms with van der Waals surface area (Å²) in [7, 11) is 0. The van der Waals surface area contributed by atoms with E-state index in [-0.39, 0.29) is 24.0 Å². The third-order valence-corrected chi connectivity index (χ3v) is 5.62. The molecule has 0 aliphatic heterocycles. The third kappa shape index (κ3) is 5.15. The molecule has 1 aromatic heterocycles. The molecule has 0 radical (unpaired) electrons. The van der Waals surface area contributed by atoms with E-state index in [0.29, 0.717) is 11.3 Å². The fourth-order valence-electron chi connectivity index (χ4n) is 2.32. The monoisotopic (exact) mass is 394 g/mol. The third-order valence-electron chi connectivity index (χ3n) is 3.46. The lowest BCUT2D eigenvalue weighted by molar-refractivity contribution is -0.118. The topological polar surface area (TPSA) is 51.2 Å². The van der Waals surface area contributed by atoms with E-state index in [1.165, 1.54) is 17.8 Å². The molecule has 0 aliphatic rings. The number of thioether (sulfide) groups is 1. The van der Waals surface area contributed by atoms with Gasteiger partial charge in [-0.05, 0) is 18.2 Å². The van der Waals surface area contributed by atoms with E-state index in [0.717, 1.165) is 15.2 Å². The van der Waals surface area contributed by atoms with Crippen molar-refractivity contribution >= 4 is 39.2 Å². The predicted octanol–water partition coefficient (Wildman–Crippen LogP) is 4.45. The SMILES string of the molecule is O=C(CSCc1nc2ccccc2s1)NCc1ccccc1OC(F)F. The molecule has 136 valence electrons. The summed E-state index contributed by atoms with van der Waals surface area (Å²) in [6.45, 7) is -2.75. The molecule has 0 spiro atoms. The van der Waals surface area contributed by atoms with E-state index in [9.17, 15) is 13.6 Å². The van der Waals surface area contributed by atoms with Crippen LogP contribution in [0.2, 0.25) is 0 Å². The van der Waals surface area contributed by atoms with Gasteiger partial charge >= 0.3 is 6.61 Å². The summed E-state index contributed by atoms with van der Waals surface area (Å²) in [5.41, 5.74) is 1.48. The number of carbonyl (C=O) groups is 1. The number of hydrogen-bond donors (Lipinski definition) is 1. The van der Waals surface area contributed by atoms with E-state index >= 15 is 0 Å². The maximum absolute atomic E-state index is 12.4. The van der Waals surface area contributed by atoms with E-state index in [1.54, 1.807) is 29.5 Å².